The van der Waals surface area contributed by atoms with Crippen LogP contribution in [0.1, 0.15) is 18.4 Å². The normalized spacial score (nSPS) is 21.1. The van der Waals surface area contributed by atoms with Gasteiger partial charge in [0.1, 0.15) is 5.57 Å². The molecule has 0 aliphatic carbocycles. The first kappa shape index (κ1) is 18.5. The van der Waals surface area contributed by atoms with Gasteiger partial charge in [-0.05, 0) is 52.1 Å². The van der Waals surface area contributed by atoms with Crippen molar-refractivity contribution >= 4 is 45.5 Å². The van der Waals surface area contributed by atoms with Gasteiger partial charge in [0.25, 0.3) is 11.8 Å². The number of benzene rings is 3. The summed E-state index contributed by atoms with van der Waals surface area (Å²) in [7, 11) is 0. The SMILES string of the molecule is O=C1NC(=O)N(C[C@H]2CCCO2)C(=O)/C1=C\c1c2ccccc2cc2ccccc12. The summed E-state index contributed by atoms with van der Waals surface area (Å²) >= 11 is 0. The zero-order chi connectivity index (χ0) is 20.7. The number of amides is 4. The lowest BCUT2D eigenvalue weighted by atomic mass is 9.94. The summed E-state index contributed by atoms with van der Waals surface area (Å²) < 4.78 is 5.57. The number of carbonyl (C=O) groups excluding carboxylic acids is 3. The number of rotatable bonds is 3. The van der Waals surface area contributed by atoms with Gasteiger partial charge in [0.05, 0.1) is 12.6 Å². The molecule has 6 nitrogen and oxygen atoms in total. The molecule has 30 heavy (non-hydrogen) atoms. The van der Waals surface area contributed by atoms with Crippen LogP contribution in [0.2, 0.25) is 0 Å². The van der Waals surface area contributed by atoms with Crippen molar-refractivity contribution in [1.29, 1.82) is 0 Å². The van der Waals surface area contributed by atoms with E-state index in [1.54, 1.807) is 6.08 Å². The van der Waals surface area contributed by atoms with Gasteiger partial charge in [0.15, 0.2) is 0 Å². The molecule has 2 aliphatic heterocycles. The van der Waals surface area contributed by atoms with Gasteiger partial charge in [0.2, 0.25) is 0 Å². The Balaban J connectivity index is 1.63. The predicted octanol–water partition coefficient (Wildman–Crippen LogP) is 3.63. The maximum atomic E-state index is 13.1. The van der Waals surface area contributed by atoms with Crippen LogP contribution >= 0.6 is 0 Å². The maximum Gasteiger partial charge on any atom is 0.331 e. The largest absolute Gasteiger partial charge is 0.376 e. The molecule has 1 N–H and O–H groups in total. The van der Waals surface area contributed by atoms with Crippen LogP contribution in [0.25, 0.3) is 27.6 Å². The summed E-state index contributed by atoms with van der Waals surface area (Å²) in [6, 6.07) is 17.1. The molecule has 1 atom stereocenters. The van der Waals surface area contributed by atoms with Crippen molar-refractivity contribution in [2.24, 2.45) is 0 Å². The van der Waals surface area contributed by atoms with E-state index in [9.17, 15) is 14.4 Å². The topological polar surface area (TPSA) is 75.7 Å². The minimum absolute atomic E-state index is 0.0471. The van der Waals surface area contributed by atoms with Crippen molar-refractivity contribution in [1.82, 2.24) is 10.2 Å². The van der Waals surface area contributed by atoms with E-state index < -0.39 is 17.8 Å². The number of barbiturate groups is 1. The van der Waals surface area contributed by atoms with Crippen molar-refractivity contribution in [3.05, 3.63) is 65.7 Å². The molecule has 2 fully saturated rings. The number of carbonyl (C=O) groups is 3. The average Bonchev–Trinajstić information content (AvgIpc) is 3.26. The van der Waals surface area contributed by atoms with Gasteiger partial charge in [-0.15, -0.1) is 0 Å². The highest BCUT2D eigenvalue weighted by Crippen LogP contribution is 2.31. The van der Waals surface area contributed by atoms with Crippen LogP contribution in [-0.4, -0.2) is 42.0 Å². The zero-order valence-corrected chi connectivity index (χ0v) is 16.3. The third kappa shape index (κ3) is 3.15. The van der Waals surface area contributed by atoms with Gasteiger partial charge in [-0.25, -0.2) is 4.79 Å². The van der Waals surface area contributed by atoms with E-state index in [2.05, 4.69) is 11.4 Å². The number of ether oxygens (including phenoxy) is 1. The molecule has 0 saturated carbocycles. The lowest BCUT2D eigenvalue weighted by Crippen LogP contribution is -2.55. The van der Waals surface area contributed by atoms with Gasteiger partial charge in [-0.1, -0.05) is 48.5 Å². The van der Waals surface area contributed by atoms with Gasteiger partial charge >= 0.3 is 6.03 Å². The number of hydrogen-bond donors (Lipinski definition) is 1. The fraction of sp³-hybridized carbons (Fsp3) is 0.208. The molecule has 0 radical (unpaired) electrons. The van der Waals surface area contributed by atoms with E-state index in [0.717, 1.165) is 44.8 Å². The van der Waals surface area contributed by atoms with Crippen molar-refractivity contribution < 1.29 is 19.1 Å². The number of fused-ring (bicyclic) bond motifs is 2. The highest BCUT2D eigenvalue weighted by molar-refractivity contribution is 6.31. The standard InChI is InChI=1S/C24H20N2O4/c27-22-21(23(28)26(24(29)25-22)14-17-8-5-11-30-17)13-20-18-9-3-1-6-15(18)12-16-7-2-4-10-19(16)20/h1-4,6-7,9-10,12-13,17H,5,8,11,14H2,(H,25,27,29)/b21-13-/t17-/m1/s1. The fourth-order valence-corrected chi connectivity index (χ4v) is 4.20. The Morgan fingerprint density at radius 1 is 1.00 bits per heavy atom. The second-order valence-corrected chi connectivity index (χ2v) is 7.60. The lowest BCUT2D eigenvalue weighted by molar-refractivity contribution is -0.131. The summed E-state index contributed by atoms with van der Waals surface area (Å²) in [4.78, 5) is 39.1. The number of urea groups is 1. The highest BCUT2D eigenvalue weighted by atomic mass is 16.5. The van der Waals surface area contributed by atoms with Crippen LogP contribution in [0, 0.1) is 0 Å². The van der Waals surface area contributed by atoms with Crippen LogP contribution in [0.15, 0.2) is 60.2 Å². The minimum atomic E-state index is -0.694. The summed E-state index contributed by atoms with van der Waals surface area (Å²) in [6.07, 6.45) is 3.11. The zero-order valence-electron chi connectivity index (χ0n) is 16.3. The Hall–Kier alpha value is -3.51. The first-order valence-corrected chi connectivity index (χ1v) is 10.0. The summed E-state index contributed by atoms with van der Waals surface area (Å²) in [6.45, 7) is 0.767. The van der Waals surface area contributed by atoms with E-state index in [1.165, 1.54) is 0 Å². The minimum Gasteiger partial charge on any atom is -0.376 e. The lowest BCUT2D eigenvalue weighted by Gasteiger charge is -2.28. The molecule has 3 aromatic carbocycles. The molecule has 150 valence electrons. The highest BCUT2D eigenvalue weighted by Gasteiger charge is 2.37. The molecule has 3 aromatic rings. The third-order valence-corrected chi connectivity index (χ3v) is 5.70. The Morgan fingerprint density at radius 3 is 2.30 bits per heavy atom. The van der Waals surface area contributed by atoms with Crippen molar-refractivity contribution in [3.63, 3.8) is 0 Å². The molecule has 2 heterocycles. The monoisotopic (exact) mass is 400 g/mol. The summed E-state index contributed by atoms with van der Waals surface area (Å²) in [5, 5.41) is 6.20. The van der Waals surface area contributed by atoms with Crippen molar-refractivity contribution in [3.8, 4) is 0 Å². The Labute approximate surface area is 173 Å². The van der Waals surface area contributed by atoms with Crippen LogP contribution in [0.3, 0.4) is 0 Å². The van der Waals surface area contributed by atoms with E-state index in [1.807, 2.05) is 48.5 Å². The molecule has 5 rings (SSSR count). The van der Waals surface area contributed by atoms with E-state index >= 15 is 0 Å². The molecule has 0 bridgehead atoms. The average molecular weight is 400 g/mol. The van der Waals surface area contributed by atoms with Crippen molar-refractivity contribution in [2.75, 3.05) is 13.2 Å². The van der Waals surface area contributed by atoms with Gasteiger partial charge in [-0.3, -0.25) is 19.8 Å². The molecular weight excluding hydrogens is 380 g/mol. The molecule has 2 aliphatic rings. The third-order valence-electron chi connectivity index (χ3n) is 5.70. The second kappa shape index (κ2) is 7.39. The van der Waals surface area contributed by atoms with Crippen LogP contribution in [-0.2, 0) is 14.3 Å². The molecule has 0 aromatic heterocycles. The summed E-state index contributed by atoms with van der Waals surface area (Å²) in [5.74, 6) is -1.26. The number of hydrogen-bond acceptors (Lipinski definition) is 4. The van der Waals surface area contributed by atoms with Crippen LogP contribution in [0.5, 0.6) is 0 Å². The fourth-order valence-electron chi connectivity index (χ4n) is 4.20. The van der Waals surface area contributed by atoms with Gasteiger partial charge in [-0.2, -0.15) is 0 Å². The van der Waals surface area contributed by atoms with E-state index in [4.69, 9.17) is 4.74 Å². The first-order valence-electron chi connectivity index (χ1n) is 10.0. The first-order chi connectivity index (χ1) is 14.6. The van der Waals surface area contributed by atoms with E-state index in [-0.39, 0.29) is 18.2 Å². The Morgan fingerprint density at radius 2 is 1.67 bits per heavy atom. The van der Waals surface area contributed by atoms with Crippen molar-refractivity contribution in [2.45, 2.75) is 18.9 Å². The molecule has 2 saturated heterocycles. The van der Waals surface area contributed by atoms with Crippen LogP contribution in [0.4, 0.5) is 4.79 Å². The van der Waals surface area contributed by atoms with Crippen LogP contribution < -0.4 is 5.32 Å². The Kier molecular flexibility index (Phi) is 4.56. The summed E-state index contributed by atoms with van der Waals surface area (Å²) in [5.41, 5.74) is 0.739. The number of nitrogens with one attached hydrogen (secondary N) is 1. The molecular formula is C24H20N2O4. The van der Waals surface area contributed by atoms with Gasteiger partial charge < -0.3 is 4.74 Å². The Bertz CT molecular complexity index is 1170. The maximum absolute atomic E-state index is 13.1. The quantitative estimate of drug-likeness (QED) is 0.414. The second-order valence-electron chi connectivity index (χ2n) is 7.60. The molecule has 0 spiro atoms. The number of nitrogens with zero attached hydrogens (tertiary/aromatic N) is 1. The molecule has 6 heteroatoms. The molecule has 4 amide bonds. The van der Waals surface area contributed by atoms with Gasteiger partial charge in [0, 0.05) is 6.61 Å². The number of imide groups is 2. The predicted molar refractivity (Wildman–Crippen MR) is 114 cm³/mol. The molecule has 0 unspecified atom stereocenters. The van der Waals surface area contributed by atoms with E-state index in [0.29, 0.717) is 6.61 Å². The smallest absolute Gasteiger partial charge is 0.331 e.